The number of ether oxygens (including phenoxy) is 2. The number of hydrogen-bond donors (Lipinski definition) is 4. The number of H-pyrrole nitrogens is 1. The molecule has 1 atom stereocenters. The maximum Gasteiger partial charge on any atom is 0.328 e. The van der Waals surface area contributed by atoms with E-state index in [2.05, 4.69) is 25.9 Å². The summed E-state index contributed by atoms with van der Waals surface area (Å²) in [6.45, 7) is 9.35. The minimum Gasteiger partial charge on any atom is -0.466 e. The normalized spacial score (nSPS) is 11.2. The molecular formula is C30H40N6O9. The van der Waals surface area contributed by atoms with Crippen LogP contribution >= 0.6 is 0 Å². The lowest BCUT2D eigenvalue weighted by Crippen LogP contribution is -2.42. The lowest BCUT2D eigenvalue weighted by Gasteiger charge is -2.20. The summed E-state index contributed by atoms with van der Waals surface area (Å²) >= 11 is 0. The van der Waals surface area contributed by atoms with E-state index in [1.165, 1.54) is 20.8 Å². The molecule has 2 rings (SSSR count). The van der Waals surface area contributed by atoms with Crippen LogP contribution in [0.2, 0.25) is 0 Å². The number of aromatic amines is 1. The molecule has 1 heterocycles. The first kappa shape index (κ1) is 36.1. The molecule has 244 valence electrons. The molecule has 0 fully saturated rings. The fourth-order valence-electron chi connectivity index (χ4n) is 4.36. The van der Waals surface area contributed by atoms with E-state index in [4.69, 9.17) is 9.47 Å². The van der Waals surface area contributed by atoms with E-state index in [1.54, 1.807) is 39.0 Å². The third-order valence-corrected chi connectivity index (χ3v) is 6.36. The summed E-state index contributed by atoms with van der Waals surface area (Å²) in [5.74, 6) is -3.77. The summed E-state index contributed by atoms with van der Waals surface area (Å²) in [5, 5.41) is 8.21. The number of imide groups is 1. The van der Waals surface area contributed by atoms with Gasteiger partial charge in [0.05, 0.1) is 18.8 Å². The topological polar surface area (TPSA) is 206 Å². The van der Waals surface area contributed by atoms with E-state index in [0.29, 0.717) is 24.2 Å². The number of aryl methyl sites for hydroxylation is 1. The van der Waals surface area contributed by atoms with Crippen molar-refractivity contribution in [3.63, 3.8) is 0 Å². The van der Waals surface area contributed by atoms with Gasteiger partial charge in [-0.2, -0.15) is 4.98 Å². The van der Waals surface area contributed by atoms with Crippen LogP contribution < -0.4 is 26.4 Å². The van der Waals surface area contributed by atoms with Crippen LogP contribution in [0.5, 0.6) is 0 Å². The average Bonchev–Trinajstić information content (AvgIpc) is 2.94. The molecule has 0 saturated carbocycles. The molecule has 0 aliphatic heterocycles. The molecule has 1 aromatic carbocycles. The third-order valence-electron chi connectivity index (χ3n) is 6.36. The van der Waals surface area contributed by atoms with E-state index in [-0.39, 0.29) is 49.8 Å². The maximum atomic E-state index is 12.9. The van der Waals surface area contributed by atoms with Gasteiger partial charge in [0.25, 0.3) is 11.5 Å². The number of amides is 4. The van der Waals surface area contributed by atoms with Gasteiger partial charge in [-0.25, -0.2) is 9.69 Å². The smallest absolute Gasteiger partial charge is 0.328 e. The highest BCUT2D eigenvalue weighted by molar-refractivity contribution is 6.13. The van der Waals surface area contributed by atoms with Gasteiger partial charge in [-0.1, -0.05) is 0 Å². The predicted octanol–water partition coefficient (Wildman–Crippen LogP) is 1.99. The van der Waals surface area contributed by atoms with Crippen LogP contribution in [0.4, 0.5) is 17.5 Å². The predicted molar refractivity (Wildman–Crippen MR) is 165 cm³/mol. The van der Waals surface area contributed by atoms with Crippen LogP contribution in [0.3, 0.4) is 0 Å². The number of hydrogen-bond acceptors (Lipinski definition) is 11. The molecular weight excluding hydrogens is 588 g/mol. The van der Waals surface area contributed by atoms with Crippen molar-refractivity contribution in [1.82, 2.24) is 15.3 Å². The monoisotopic (exact) mass is 628 g/mol. The van der Waals surface area contributed by atoms with Gasteiger partial charge in [-0.15, -0.1) is 0 Å². The quantitative estimate of drug-likeness (QED) is 0.166. The molecule has 0 spiro atoms. The van der Waals surface area contributed by atoms with E-state index in [0.717, 1.165) is 10.5 Å². The summed E-state index contributed by atoms with van der Waals surface area (Å²) in [6, 6.07) is 3.87. The fraction of sp³-hybridized carbons (Fsp3) is 0.467. The number of carbonyl (C=O) groups is 6. The Morgan fingerprint density at radius 3 is 2.24 bits per heavy atom. The van der Waals surface area contributed by atoms with Gasteiger partial charge in [0, 0.05) is 45.0 Å². The standard InChI is InChI=1S/C30H40N6O9/c1-7-44-25(40)14-13-24(29(43)45-8-2)33-27(41)21-11-12-23(17(3)16-21)31-15-9-10-22-26(36(19(5)38)20(6)39)34-30(32-18(4)37)35-28(22)42/h11-12,16,24,31H,7-10,13-15H2,1-6H3,(H,33,41)(H2,32,34,35,37,42)/t24-/m0/s1. The highest BCUT2D eigenvalue weighted by Gasteiger charge is 2.25. The van der Waals surface area contributed by atoms with Crippen LogP contribution in [0.1, 0.15) is 75.4 Å². The number of aromatic nitrogens is 2. The van der Waals surface area contributed by atoms with Crippen molar-refractivity contribution in [3.05, 3.63) is 45.2 Å². The number of esters is 2. The lowest BCUT2D eigenvalue weighted by atomic mass is 10.1. The van der Waals surface area contributed by atoms with Crippen molar-refractivity contribution in [1.29, 1.82) is 0 Å². The van der Waals surface area contributed by atoms with E-state index >= 15 is 0 Å². The molecule has 0 radical (unpaired) electrons. The molecule has 0 unspecified atom stereocenters. The summed E-state index contributed by atoms with van der Waals surface area (Å²) in [4.78, 5) is 93.2. The molecule has 4 N–H and O–H groups in total. The van der Waals surface area contributed by atoms with Gasteiger partial charge >= 0.3 is 11.9 Å². The molecule has 0 aliphatic carbocycles. The number of nitrogens with one attached hydrogen (secondary N) is 4. The Bertz CT molecular complexity index is 1470. The third kappa shape index (κ3) is 10.9. The van der Waals surface area contributed by atoms with Crippen LogP contribution in [-0.2, 0) is 39.9 Å². The molecule has 15 heteroatoms. The van der Waals surface area contributed by atoms with Crippen LogP contribution in [0, 0.1) is 6.92 Å². The zero-order valence-electron chi connectivity index (χ0n) is 26.3. The Hall–Kier alpha value is -5.08. The zero-order valence-corrected chi connectivity index (χ0v) is 26.3. The van der Waals surface area contributed by atoms with Gasteiger partial charge in [0.2, 0.25) is 23.7 Å². The van der Waals surface area contributed by atoms with Crippen LogP contribution in [0.15, 0.2) is 23.0 Å². The van der Waals surface area contributed by atoms with Gasteiger partial charge in [-0.05, 0) is 63.8 Å². The SMILES string of the molecule is CCOC(=O)CC[C@H](NC(=O)c1ccc(NCCCc2c(N(C(C)=O)C(C)=O)nc(NC(C)=O)[nH]c2=O)c(C)c1)C(=O)OCC. The Balaban J connectivity index is 2.12. The van der Waals surface area contributed by atoms with Crippen molar-refractivity contribution >= 4 is 53.0 Å². The largest absolute Gasteiger partial charge is 0.466 e. The van der Waals surface area contributed by atoms with Crippen molar-refractivity contribution in [2.45, 2.75) is 73.3 Å². The molecule has 45 heavy (non-hydrogen) atoms. The second-order valence-electron chi connectivity index (χ2n) is 9.95. The van der Waals surface area contributed by atoms with Crippen molar-refractivity contribution in [2.75, 3.05) is 35.3 Å². The number of benzene rings is 1. The maximum absolute atomic E-state index is 12.9. The average molecular weight is 629 g/mol. The van der Waals surface area contributed by atoms with Gasteiger partial charge in [-0.3, -0.25) is 39.1 Å². The first-order chi connectivity index (χ1) is 21.3. The van der Waals surface area contributed by atoms with E-state index < -0.39 is 47.2 Å². The molecule has 4 amide bonds. The summed E-state index contributed by atoms with van der Waals surface area (Å²) in [7, 11) is 0. The number of nitrogens with zero attached hydrogens (tertiary/aromatic N) is 2. The first-order valence-electron chi connectivity index (χ1n) is 14.5. The minimum absolute atomic E-state index is 0.0225. The highest BCUT2D eigenvalue weighted by Crippen LogP contribution is 2.20. The van der Waals surface area contributed by atoms with Gasteiger partial charge < -0.3 is 20.1 Å². The Kier molecular flexibility index (Phi) is 13.9. The second kappa shape index (κ2) is 17.3. The molecule has 15 nitrogen and oxygen atoms in total. The van der Waals surface area contributed by atoms with Crippen molar-refractivity contribution in [2.24, 2.45) is 0 Å². The summed E-state index contributed by atoms with van der Waals surface area (Å²) < 4.78 is 9.94. The number of rotatable bonds is 15. The Morgan fingerprint density at radius 2 is 1.67 bits per heavy atom. The summed E-state index contributed by atoms with van der Waals surface area (Å²) in [6.07, 6.45) is 0.492. The van der Waals surface area contributed by atoms with Gasteiger partial charge in [0.1, 0.15) is 6.04 Å². The van der Waals surface area contributed by atoms with Crippen LogP contribution in [-0.4, -0.2) is 71.3 Å². The van der Waals surface area contributed by atoms with Crippen molar-refractivity contribution < 1.29 is 38.2 Å². The second-order valence-corrected chi connectivity index (χ2v) is 9.95. The van der Waals surface area contributed by atoms with E-state index in [9.17, 15) is 33.6 Å². The Morgan fingerprint density at radius 1 is 1.00 bits per heavy atom. The van der Waals surface area contributed by atoms with E-state index in [1.807, 2.05) is 0 Å². The first-order valence-corrected chi connectivity index (χ1v) is 14.5. The molecule has 0 saturated heterocycles. The van der Waals surface area contributed by atoms with Crippen molar-refractivity contribution in [3.8, 4) is 0 Å². The number of carbonyl (C=O) groups excluding carboxylic acids is 6. The highest BCUT2D eigenvalue weighted by atomic mass is 16.5. The minimum atomic E-state index is -1.03. The Labute approximate surface area is 260 Å². The lowest BCUT2D eigenvalue weighted by molar-refractivity contribution is -0.147. The fourth-order valence-corrected chi connectivity index (χ4v) is 4.36. The molecule has 0 bridgehead atoms. The summed E-state index contributed by atoms with van der Waals surface area (Å²) in [5.41, 5.74) is 1.21. The van der Waals surface area contributed by atoms with Crippen LogP contribution in [0.25, 0.3) is 0 Å². The number of anilines is 3. The molecule has 0 aliphatic rings. The molecule has 2 aromatic rings. The van der Waals surface area contributed by atoms with Gasteiger partial charge in [0.15, 0.2) is 5.82 Å². The molecule has 1 aromatic heterocycles. The zero-order chi connectivity index (χ0) is 33.7.